The Bertz CT molecular complexity index is 1250. The van der Waals surface area contributed by atoms with Gasteiger partial charge >= 0.3 is 6.09 Å². The third kappa shape index (κ3) is 7.08. The first-order valence-corrected chi connectivity index (χ1v) is 12.5. The van der Waals surface area contributed by atoms with Crippen molar-refractivity contribution in [1.82, 2.24) is 19.7 Å². The Balaban J connectivity index is 1.53. The van der Waals surface area contributed by atoms with Crippen LogP contribution in [0.15, 0.2) is 30.6 Å². The quantitative estimate of drug-likeness (QED) is 0.467. The van der Waals surface area contributed by atoms with Gasteiger partial charge in [0.25, 0.3) is 5.91 Å². The van der Waals surface area contributed by atoms with E-state index in [1.807, 2.05) is 0 Å². The largest absolute Gasteiger partial charge is 0.444 e. The topological polar surface area (TPSA) is 111 Å². The average Bonchev–Trinajstić information content (AvgIpc) is 3.44. The Kier molecular flexibility index (Phi) is 8.15. The zero-order valence-electron chi connectivity index (χ0n) is 20.7. The van der Waals surface area contributed by atoms with Gasteiger partial charge in [-0.2, -0.15) is 5.10 Å². The van der Waals surface area contributed by atoms with Gasteiger partial charge in [0.2, 0.25) is 0 Å². The average molecular weight is 535 g/mol. The van der Waals surface area contributed by atoms with Crippen LogP contribution in [0, 0.1) is 11.6 Å². The molecular weight excluding hydrogens is 506 g/mol. The molecule has 0 spiro atoms. The molecule has 0 unspecified atom stereocenters. The highest BCUT2D eigenvalue weighted by atomic mass is 32.1. The van der Waals surface area contributed by atoms with Crippen LogP contribution < -0.4 is 10.6 Å². The van der Waals surface area contributed by atoms with E-state index in [-0.39, 0.29) is 15.7 Å². The minimum Gasteiger partial charge on any atom is -0.444 e. The van der Waals surface area contributed by atoms with Crippen LogP contribution in [-0.2, 0) is 16.0 Å². The second-order valence-corrected chi connectivity index (χ2v) is 10.3. The molecule has 37 heavy (non-hydrogen) atoms. The van der Waals surface area contributed by atoms with E-state index in [9.17, 15) is 18.4 Å². The summed E-state index contributed by atoms with van der Waals surface area (Å²) in [5, 5.41) is 9.32. The van der Waals surface area contributed by atoms with Gasteiger partial charge in [-0.25, -0.2) is 18.6 Å². The molecule has 1 aliphatic rings. The lowest BCUT2D eigenvalue weighted by Crippen LogP contribution is -2.38. The molecule has 4 rings (SSSR count). The highest BCUT2D eigenvalue weighted by Crippen LogP contribution is 2.35. The molecule has 3 aromatic rings. The van der Waals surface area contributed by atoms with Crippen molar-refractivity contribution in [2.75, 3.05) is 43.5 Å². The first kappa shape index (κ1) is 26.6. The second-order valence-electron chi connectivity index (χ2n) is 9.32. The van der Waals surface area contributed by atoms with E-state index in [2.05, 4.69) is 25.6 Å². The maximum Gasteiger partial charge on any atom is 0.412 e. The van der Waals surface area contributed by atoms with Gasteiger partial charge in [0.05, 0.1) is 37.2 Å². The minimum absolute atomic E-state index is 0.0101. The fourth-order valence-corrected chi connectivity index (χ4v) is 4.57. The summed E-state index contributed by atoms with van der Waals surface area (Å²) in [5.41, 5.74) is -1.00. The van der Waals surface area contributed by atoms with Gasteiger partial charge in [0.1, 0.15) is 27.2 Å². The van der Waals surface area contributed by atoms with Gasteiger partial charge < -0.3 is 14.8 Å². The van der Waals surface area contributed by atoms with Gasteiger partial charge in [0.15, 0.2) is 5.69 Å². The summed E-state index contributed by atoms with van der Waals surface area (Å²) >= 11 is 0.763. The zero-order valence-corrected chi connectivity index (χ0v) is 21.5. The lowest BCUT2D eigenvalue weighted by Gasteiger charge is -2.26. The van der Waals surface area contributed by atoms with E-state index in [4.69, 9.17) is 9.47 Å². The van der Waals surface area contributed by atoms with Crippen molar-refractivity contribution in [2.45, 2.75) is 32.9 Å². The molecule has 3 heterocycles. The van der Waals surface area contributed by atoms with Crippen LogP contribution in [0.5, 0.6) is 0 Å². The molecule has 1 fully saturated rings. The number of halogens is 2. The number of amides is 2. The van der Waals surface area contributed by atoms with Gasteiger partial charge in [0, 0.05) is 25.8 Å². The van der Waals surface area contributed by atoms with Crippen molar-refractivity contribution in [3.63, 3.8) is 0 Å². The summed E-state index contributed by atoms with van der Waals surface area (Å²) < 4.78 is 41.1. The Morgan fingerprint density at radius 2 is 1.84 bits per heavy atom. The highest BCUT2D eigenvalue weighted by Gasteiger charge is 2.26. The first-order chi connectivity index (χ1) is 17.6. The molecule has 0 aliphatic carbocycles. The molecule has 2 N–H and O–H groups in total. The molecule has 2 aromatic heterocycles. The number of hydrogen-bond acceptors (Lipinski definition) is 8. The number of morpholine rings is 1. The number of anilines is 2. The SMILES string of the molecule is CC(C)(C)OC(=O)Nc1sc(-c2c(F)cccc2F)nc1C(=O)Nc1cnn(CCN2CCOCC2)c1. The van der Waals surface area contributed by atoms with Gasteiger partial charge in [-0.3, -0.25) is 19.7 Å². The number of ether oxygens (including phenoxy) is 2. The Hall–Kier alpha value is -3.42. The number of benzene rings is 1. The molecule has 0 atom stereocenters. The van der Waals surface area contributed by atoms with Crippen molar-refractivity contribution in [3.05, 3.63) is 47.9 Å². The number of nitrogens with zero attached hydrogens (tertiary/aromatic N) is 4. The number of thiazole rings is 1. The Morgan fingerprint density at radius 1 is 1.14 bits per heavy atom. The summed E-state index contributed by atoms with van der Waals surface area (Å²) in [7, 11) is 0. The molecule has 0 bridgehead atoms. The molecule has 198 valence electrons. The van der Waals surface area contributed by atoms with Crippen LogP contribution in [-0.4, -0.2) is 70.1 Å². The van der Waals surface area contributed by atoms with Crippen LogP contribution >= 0.6 is 11.3 Å². The maximum atomic E-state index is 14.4. The van der Waals surface area contributed by atoms with E-state index in [1.165, 1.54) is 12.3 Å². The summed E-state index contributed by atoms with van der Waals surface area (Å²) in [4.78, 5) is 31.9. The normalized spacial score (nSPS) is 14.4. The number of aromatic nitrogens is 3. The summed E-state index contributed by atoms with van der Waals surface area (Å²) in [6.07, 6.45) is 2.33. The number of nitrogens with one attached hydrogen (secondary N) is 2. The van der Waals surface area contributed by atoms with Gasteiger partial charge in [-0.1, -0.05) is 17.4 Å². The third-order valence-corrected chi connectivity index (χ3v) is 6.26. The van der Waals surface area contributed by atoms with Crippen molar-refractivity contribution >= 4 is 34.0 Å². The van der Waals surface area contributed by atoms with Crippen molar-refractivity contribution < 1.29 is 27.8 Å². The summed E-state index contributed by atoms with van der Waals surface area (Å²) in [6.45, 7) is 9.57. The predicted octanol–water partition coefficient (Wildman–Crippen LogP) is 4.22. The van der Waals surface area contributed by atoms with E-state index >= 15 is 0 Å². The summed E-state index contributed by atoms with van der Waals surface area (Å²) in [5.74, 6) is -2.37. The fourth-order valence-electron chi connectivity index (χ4n) is 3.57. The lowest BCUT2D eigenvalue weighted by atomic mass is 10.2. The van der Waals surface area contributed by atoms with E-state index in [1.54, 1.807) is 31.6 Å². The fraction of sp³-hybridized carbons (Fsp3) is 0.417. The first-order valence-electron chi connectivity index (χ1n) is 11.7. The molecule has 1 aliphatic heterocycles. The molecule has 0 saturated carbocycles. The Morgan fingerprint density at radius 3 is 2.51 bits per heavy atom. The molecule has 1 aromatic carbocycles. The molecule has 0 radical (unpaired) electrons. The van der Waals surface area contributed by atoms with Crippen LogP contribution in [0.2, 0.25) is 0 Å². The van der Waals surface area contributed by atoms with E-state index < -0.39 is 34.8 Å². The van der Waals surface area contributed by atoms with Crippen molar-refractivity contribution in [2.24, 2.45) is 0 Å². The number of hydrogen-bond donors (Lipinski definition) is 2. The molecule has 2 amide bonds. The van der Waals surface area contributed by atoms with E-state index in [0.717, 1.165) is 43.1 Å². The highest BCUT2D eigenvalue weighted by molar-refractivity contribution is 7.19. The van der Waals surface area contributed by atoms with Crippen LogP contribution in [0.25, 0.3) is 10.6 Å². The van der Waals surface area contributed by atoms with Crippen LogP contribution in [0.1, 0.15) is 31.3 Å². The molecule has 13 heteroatoms. The number of carbonyl (C=O) groups is 2. The monoisotopic (exact) mass is 534 g/mol. The maximum absolute atomic E-state index is 14.4. The Labute approximate surface area is 216 Å². The molecule has 10 nitrogen and oxygen atoms in total. The van der Waals surface area contributed by atoms with Gasteiger partial charge in [-0.15, -0.1) is 0 Å². The lowest BCUT2D eigenvalue weighted by molar-refractivity contribution is 0.0359. The van der Waals surface area contributed by atoms with E-state index in [0.29, 0.717) is 25.4 Å². The zero-order chi connectivity index (χ0) is 26.6. The second kappa shape index (κ2) is 11.3. The predicted molar refractivity (Wildman–Crippen MR) is 135 cm³/mol. The standard InChI is InChI=1S/C24H28F2N6O4S/c1-24(2,3)36-23(34)30-22-19(29-21(37-22)18-16(25)5-4-6-17(18)26)20(33)28-15-13-27-32(14-15)8-7-31-9-11-35-12-10-31/h4-6,13-14H,7-12H2,1-3H3,(H,28,33)(H,30,34). The molecule has 1 saturated heterocycles. The number of rotatable bonds is 7. The van der Waals surface area contributed by atoms with Gasteiger partial charge in [-0.05, 0) is 32.9 Å². The molecular formula is C24H28F2N6O4S. The van der Waals surface area contributed by atoms with Crippen LogP contribution in [0.4, 0.5) is 24.3 Å². The van der Waals surface area contributed by atoms with Crippen LogP contribution in [0.3, 0.4) is 0 Å². The smallest absolute Gasteiger partial charge is 0.412 e. The summed E-state index contributed by atoms with van der Waals surface area (Å²) in [6, 6.07) is 3.41. The number of carbonyl (C=O) groups excluding carboxylic acids is 2. The van der Waals surface area contributed by atoms with Crippen molar-refractivity contribution in [1.29, 1.82) is 0 Å². The minimum atomic E-state index is -0.842. The van der Waals surface area contributed by atoms with Crippen molar-refractivity contribution in [3.8, 4) is 10.6 Å². The third-order valence-electron chi connectivity index (χ3n) is 5.27.